The second-order valence-corrected chi connectivity index (χ2v) is 7.11. The molecule has 0 unspecified atom stereocenters. The van der Waals surface area contributed by atoms with Gasteiger partial charge in [-0.15, -0.1) is 0 Å². The maximum absolute atomic E-state index is 12.1. The van der Waals surface area contributed by atoms with Crippen molar-refractivity contribution in [3.8, 4) is 0 Å². The summed E-state index contributed by atoms with van der Waals surface area (Å²) in [5.41, 5.74) is 1.13. The molecular formula is C18H27NO3. The van der Waals surface area contributed by atoms with Crippen LogP contribution in [0.5, 0.6) is 0 Å². The number of benzene rings is 1. The smallest absolute Gasteiger partial charge is 0.220 e. The fraction of sp³-hybridized carbons (Fsp3) is 0.611. The van der Waals surface area contributed by atoms with Crippen LogP contribution in [-0.2, 0) is 20.9 Å². The van der Waals surface area contributed by atoms with Crippen LogP contribution in [0, 0.1) is 5.41 Å². The van der Waals surface area contributed by atoms with Crippen molar-refractivity contribution in [3.05, 3.63) is 35.9 Å². The molecule has 0 radical (unpaired) electrons. The highest BCUT2D eigenvalue weighted by Gasteiger charge is 2.29. The Morgan fingerprint density at radius 1 is 1.32 bits per heavy atom. The van der Waals surface area contributed by atoms with Crippen molar-refractivity contribution in [2.75, 3.05) is 13.2 Å². The van der Waals surface area contributed by atoms with Crippen LogP contribution in [0.2, 0.25) is 0 Å². The molecule has 1 aliphatic heterocycles. The Bertz CT molecular complexity index is 467. The zero-order valence-electron chi connectivity index (χ0n) is 13.8. The molecule has 1 heterocycles. The molecule has 0 aromatic heterocycles. The van der Waals surface area contributed by atoms with Crippen LogP contribution in [0.4, 0.5) is 0 Å². The van der Waals surface area contributed by atoms with E-state index in [-0.39, 0.29) is 23.5 Å². The highest BCUT2D eigenvalue weighted by atomic mass is 16.5. The van der Waals surface area contributed by atoms with Crippen LogP contribution in [0.3, 0.4) is 0 Å². The molecule has 122 valence electrons. The number of hydrogen-bond acceptors (Lipinski definition) is 3. The van der Waals surface area contributed by atoms with E-state index >= 15 is 0 Å². The average molecular weight is 305 g/mol. The second kappa shape index (κ2) is 7.75. The van der Waals surface area contributed by atoms with Crippen LogP contribution < -0.4 is 5.32 Å². The Morgan fingerprint density at radius 3 is 2.73 bits per heavy atom. The number of rotatable bonds is 5. The van der Waals surface area contributed by atoms with Crippen LogP contribution in [-0.4, -0.2) is 31.3 Å². The number of carbonyl (C=O) groups excluding carboxylic acids is 1. The molecule has 1 saturated heterocycles. The summed E-state index contributed by atoms with van der Waals surface area (Å²) in [6.07, 6.45) is 1.24. The number of amides is 1. The summed E-state index contributed by atoms with van der Waals surface area (Å²) in [6, 6.07) is 10.1. The molecule has 0 aliphatic carbocycles. The average Bonchev–Trinajstić information content (AvgIpc) is 2.45. The molecule has 4 nitrogen and oxygen atoms in total. The number of nitrogens with one attached hydrogen (secondary N) is 1. The Morgan fingerprint density at radius 2 is 2.05 bits per heavy atom. The van der Waals surface area contributed by atoms with Gasteiger partial charge in [0.1, 0.15) is 6.10 Å². The van der Waals surface area contributed by atoms with E-state index in [4.69, 9.17) is 9.47 Å². The molecule has 0 spiro atoms. The van der Waals surface area contributed by atoms with Gasteiger partial charge in [-0.2, -0.15) is 0 Å². The first kappa shape index (κ1) is 17.0. The third-order valence-electron chi connectivity index (χ3n) is 3.65. The standard InChI is InChI=1S/C18H27NO3/c1-18(2,3)11-17(20)19-15-9-10-21-13-16(15)22-12-14-7-5-4-6-8-14/h4-8,15-16H,9-13H2,1-3H3,(H,19,20)/t15-,16-/m1/s1. The van der Waals surface area contributed by atoms with E-state index in [1.807, 2.05) is 30.3 Å². The van der Waals surface area contributed by atoms with Crippen molar-refractivity contribution >= 4 is 5.91 Å². The summed E-state index contributed by atoms with van der Waals surface area (Å²) < 4.78 is 11.5. The van der Waals surface area contributed by atoms with Crippen LogP contribution in [0.25, 0.3) is 0 Å². The fourth-order valence-electron chi connectivity index (χ4n) is 2.56. The molecule has 2 atom stereocenters. The lowest BCUT2D eigenvalue weighted by Crippen LogP contribution is -2.50. The lowest BCUT2D eigenvalue weighted by Gasteiger charge is -2.33. The van der Waals surface area contributed by atoms with Gasteiger partial charge in [0.05, 0.1) is 19.3 Å². The number of ether oxygens (including phenoxy) is 2. The predicted molar refractivity (Wildman–Crippen MR) is 86.5 cm³/mol. The van der Waals surface area contributed by atoms with Crippen molar-refractivity contribution in [3.63, 3.8) is 0 Å². The topological polar surface area (TPSA) is 47.6 Å². The molecule has 0 bridgehead atoms. The van der Waals surface area contributed by atoms with Crippen molar-refractivity contribution in [1.82, 2.24) is 5.32 Å². The van der Waals surface area contributed by atoms with Crippen molar-refractivity contribution in [2.45, 2.75) is 52.4 Å². The van der Waals surface area contributed by atoms with E-state index in [9.17, 15) is 4.79 Å². The van der Waals surface area contributed by atoms with Gasteiger partial charge < -0.3 is 14.8 Å². The van der Waals surface area contributed by atoms with E-state index in [1.165, 1.54) is 0 Å². The second-order valence-electron chi connectivity index (χ2n) is 7.11. The van der Waals surface area contributed by atoms with Gasteiger partial charge in [0.25, 0.3) is 0 Å². The van der Waals surface area contributed by atoms with Crippen LogP contribution in [0.15, 0.2) is 30.3 Å². The SMILES string of the molecule is CC(C)(C)CC(=O)N[C@@H]1CCOC[C@H]1OCc1ccccc1. The van der Waals surface area contributed by atoms with Gasteiger partial charge in [0.15, 0.2) is 0 Å². The van der Waals surface area contributed by atoms with Crippen LogP contribution in [0.1, 0.15) is 39.2 Å². The molecule has 1 fully saturated rings. The minimum absolute atomic E-state index is 0.00432. The van der Waals surface area contributed by atoms with Gasteiger partial charge in [0.2, 0.25) is 5.91 Å². The Labute approximate surface area is 133 Å². The molecule has 1 aromatic rings. The molecule has 1 N–H and O–H groups in total. The first-order chi connectivity index (χ1) is 10.4. The zero-order chi connectivity index (χ0) is 16.0. The van der Waals surface area contributed by atoms with Gasteiger partial charge in [-0.3, -0.25) is 4.79 Å². The largest absolute Gasteiger partial charge is 0.379 e. The zero-order valence-corrected chi connectivity index (χ0v) is 13.8. The maximum Gasteiger partial charge on any atom is 0.220 e. The number of carbonyl (C=O) groups is 1. The molecule has 2 rings (SSSR count). The molecule has 1 aliphatic rings. The van der Waals surface area contributed by atoms with E-state index in [0.717, 1.165) is 12.0 Å². The van der Waals surface area contributed by atoms with E-state index in [0.29, 0.717) is 26.2 Å². The molecule has 4 heteroatoms. The summed E-state index contributed by atoms with van der Waals surface area (Å²) in [6.45, 7) is 7.96. The van der Waals surface area contributed by atoms with Crippen LogP contribution >= 0.6 is 0 Å². The molecular weight excluding hydrogens is 278 g/mol. The lowest BCUT2D eigenvalue weighted by molar-refractivity contribution is -0.128. The lowest BCUT2D eigenvalue weighted by atomic mass is 9.91. The van der Waals surface area contributed by atoms with Crippen molar-refractivity contribution in [1.29, 1.82) is 0 Å². The van der Waals surface area contributed by atoms with E-state index in [2.05, 4.69) is 26.1 Å². The summed E-state index contributed by atoms with van der Waals surface area (Å²) >= 11 is 0. The summed E-state index contributed by atoms with van der Waals surface area (Å²) in [7, 11) is 0. The number of hydrogen-bond donors (Lipinski definition) is 1. The van der Waals surface area contributed by atoms with E-state index < -0.39 is 0 Å². The first-order valence-electron chi connectivity index (χ1n) is 7.97. The van der Waals surface area contributed by atoms with E-state index in [1.54, 1.807) is 0 Å². The summed E-state index contributed by atoms with van der Waals surface area (Å²) in [5, 5.41) is 3.12. The third-order valence-corrected chi connectivity index (χ3v) is 3.65. The summed E-state index contributed by atoms with van der Waals surface area (Å²) in [4.78, 5) is 12.1. The highest BCUT2D eigenvalue weighted by Crippen LogP contribution is 2.19. The quantitative estimate of drug-likeness (QED) is 0.910. The third kappa shape index (κ3) is 5.78. The highest BCUT2D eigenvalue weighted by molar-refractivity contribution is 5.76. The molecule has 22 heavy (non-hydrogen) atoms. The fourth-order valence-corrected chi connectivity index (χ4v) is 2.56. The maximum atomic E-state index is 12.1. The van der Waals surface area contributed by atoms with Gasteiger partial charge in [-0.25, -0.2) is 0 Å². The minimum Gasteiger partial charge on any atom is -0.379 e. The van der Waals surface area contributed by atoms with Gasteiger partial charge in [-0.1, -0.05) is 51.1 Å². The molecule has 0 saturated carbocycles. The van der Waals surface area contributed by atoms with Gasteiger partial charge in [0, 0.05) is 13.0 Å². The Balaban J connectivity index is 1.86. The molecule has 1 amide bonds. The summed E-state index contributed by atoms with van der Waals surface area (Å²) in [5.74, 6) is 0.0905. The van der Waals surface area contributed by atoms with Crippen molar-refractivity contribution in [2.24, 2.45) is 5.41 Å². The van der Waals surface area contributed by atoms with Gasteiger partial charge in [-0.05, 0) is 17.4 Å². The van der Waals surface area contributed by atoms with Crippen molar-refractivity contribution < 1.29 is 14.3 Å². The predicted octanol–water partition coefficient (Wildman–Crippen LogP) is 2.91. The Hall–Kier alpha value is -1.39. The van der Waals surface area contributed by atoms with Gasteiger partial charge >= 0.3 is 0 Å². The molecule has 1 aromatic carbocycles. The normalized spacial score (nSPS) is 22.3. The Kier molecular flexibility index (Phi) is 5.98. The minimum atomic E-state index is -0.0853. The first-order valence-corrected chi connectivity index (χ1v) is 7.97. The monoisotopic (exact) mass is 305 g/mol.